The number of carbonyl (C=O) groups is 1. The molecule has 78 valence electrons. The second-order valence-corrected chi connectivity index (χ2v) is 3.93. The summed E-state index contributed by atoms with van der Waals surface area (Å²) in [4.78, 5) is 16.0. The predicted molar refractivity (Wildman–Crippen MR) is 56.2 cm³/mol. The molecule has 0 N–H and O–H groups in total. The lowest BCUT2D eigenvalue weighted by Gasteiger charge is -2.14. The molecule has 0 aliphatic heterocycles. The van der Waals surface area contributed by atoms with Crippen molar-refractivity contribution in [2.24, 2.45) is 11.8 Å². The van der Waals surface area contributed by atoms with Crippen LogP contribution in [0.1, 0.15) is 38.3 Å². The molecule has 0 aromatic carbocycles. The number of carbonyl (C=O) groups excluding carboxylic acids is 1. The molecule has 0 aliphatic carbocycles. The average Bonchev–Trinajstić information content (AvgIpc) is 2.62. The summed E-state index contributed by atoms with van der Waals surface area (Å²) in [5.41, 5.74) is 0. The number of aryl methyl sites for hydroxylation is 1. The molecule has 1 rings (SSSR count). The van der Waals surface area contributed by atoms with Crippen LogP contribution in [0.15, 0.2) is 12.4 Å². The summed E-state index contributed by atoms with van der Waals surface area (Å²) in [5, 5.41) is 0. The lowest BCUT2D eigenvalue weighted by molar-refractivity contribution is 0.0884. The van der Waals surface area contributed by atoms with Gasteiger partial charge in [0.15, 0.2) is 5.82 Å². The molecule has 0 bridgehead atoms. The van der Waals surface area contributed by atoms with Crippen molar-refractivity contribution in [1.29, 1.82) is 0 Å². The van der Waals surface area contributed by atoms with E-state index in [-0.39, 0.29) is 11.7 Å². The summed E-state index contributed by atoms with van der Waals surface area (Å²) in [5.74, 6) is 1.15. The van der Waals surface area contributed by atoms with Gasteiger partial charge in [0.1, 0.15) is 0 Å². The Morgan fingerprint density at radius 2 is 2.14 bits per heavy atom. The number of nitrogens with zero attached hydrogens (tertiary/aromatic N) is 2. The third kappa shape index (κ3) is 2.03. The minimum atomic E-state index is 0.0442. The molecule has 1 aromatic rings. The summed E-state index contributed by atoms with van der Waals surface area (Å²) in [6.45, 7) is 8.88. The predicted octanol–water partition coefficient (Wildman–Crippen LogP) is 2.38. The smallest absolute Gasteiger partial charge is 0.201 e. The number of hydrogen-bond acceptors (Lipinski definition) is 2. The molecule has 1 unspecified atom stereocenters. The Bertz CT molecular complexity index is 315. The summed E-state index contributed by atoms with van der Waals surface area (Å²) in [7, 11) is 0. The van der Waals surface area contributed by atoms with Crippen molar-refractivity contribution in [1.82, 2.24) is 9.55 Å². The van der Waals surface area contributed by atoms with Gasteiger partial charge >= 0.3 is 0 Å². The first kappa shape index (κ1) is 11.0. The highest BCUT2D eigenvalue weighted by Crippen LogP contribution is 2.15. The lowest BCUT2D eigenvalue weighted by atomic mass is 9.93. The maximum absolute atomic E-state index is 11.9. The molecule has 0 fully saturated rings. The highest BCUT2D eigenvalue weighted by molar-refractivity contribution is 5.94. The third-order valence-electron chi connectivity index (χ3n) is 2.69. The minimum absolute atomic E-state index is 0.0442. The van der Waals surface area contributed by atoms with E-state index < -0.39 is 0 Å². The average molecular weight is 194 g/mol. The molecular formula is C11H18N2O. The Hall–Kier alpha value is -1.12. The summed E-state index contributed by atoms with van der Waals surface area (Å²) >= 11 is 0. The fourth-order valence-corrected chi connectivity index (χ4v) is 1.30. The van der Waals surface area contributed by atoms with E-state index in [1.807, 2.05) is 24.6 Å². The second-order valence-electron chi connectivity index (χ2n) is 3.93. The Balaban J connectivity index is 2.89. The van der Waals surface area contributed by atoms with Crippen LogP contribution in [0.25, 0.3) is 0 Å². The molecule has 14 heavy (non-hydrogen) atoms. The van der Waals surface area contributed by atoms with Crippen molar-refractivity contribution in [2.75, 3.05) is 0 Å². The van der Waals surface area contributed by atoms with Crippen molar-refractivity contribution in [2.45, 2.75) is 34.2 Å². The zero-order chi connectivity index (χ0) is 10.7. The van der Waals surface area contributed by atoms with Gasteiger partial charge in [-0.25, -0.2) is 4.98 Å². The summed E-state index contributed by atoms with van der Waals surface area (Å²) in [6.07, 6.45) is 3.53. The molecule has 0 saturated heterocycles. The van der Waals surface area contributed by atoms with E-state index in [4.69, 9.17) is 0 Å². The third-order valence-corrected chi connectivity index (χ3v) is 2.69. The van der Waals surface area contributed by atoms with Crippen molar-refractivity contribution in [3.8, 4) is 0 Å². The second kappa shape index (κ2) is 4.40. The van der Waals surface area contributed by atoms with Crippen LogP contribution in [0, 0.1) is 11.8 Å². The van der Waals surface area contributed by atoms with Gasteiger partial charge < -0.3 is 4.57 Å². The van der Waals surface area contributed by atoms with Gasteiger partial charge in [0.25, 0.3) is 0 Å². The van der Waals surface area contributed by atoms with E-state index in [0.29, 0.717) is 11.7 Å². The SMILES string of the molecule is CCn1ccnc1C(=O)C(C)C(C)C. The van der Waals surface area contributed by atoms with Gasteiger partial charge in [-0.05, 0) is 12.8 Å². The van der Waals surface area contributed by atoms with Gasteiger partial charge in [-0.2, -0.15) is 0 Å². The van der Waals surface area contributed by atoms with E-state index in [2.05, 4.69) is 18.8 Å². The first-order chi connectivity index (χ1) is 6.57. The van der Waals surface area contributed by atoms with Crippen molar-refractivity contribution < 1.29 is 4.79 Å². The number of hydrogen-bond donors (Lipinski definition) is 0. The van der Waals surface area contributed by atoms with Gasteiger partial charge in [0.2, 0.25) is 5.78 Å². The largest absolute Gasteiger partial charge is 0.329 e. The van der Waals surface area contributed by atoms with Crippen LogP contribution < -0.4 is 0 Å². The molecule has 0 amide bonds. The Morgan fingerprint density at radius 3 is 2.64 bits per heavy atom. The van der Waals surface area contributed by atoms with E-state index >= 15 is 0 Å². The zero-order valence-corrected chi connectivity index (χ0v) is 9.32. The molecular weight excluding hydrogens is 176 g/mol. The summed E-state index contributed by atoms with van der Waals surface area (Å²) in [6, 6.07) is 0. The fraction of sp³-hybridized carbons (Fsp3) is 0.636. The standard InChI is InChI=1S/C11H18N2O/c1-5-13-7-6-12-11(13)10(14)9(4)8(2)3/h6-9H,5H2,1-4H3. The molecule has 0 saturated carbocycles. The molecule has 0 radical (unpaired) electrons. The van der Waals surface area contributed by atoms with Crippen LogP contribution in [-0.4, -0.2) is 15.3 Å². The first-order valence-electron chi connectivity index (χ1n) is 5.13. The van der Waals surface area contributed by atoms with E-state index in [1.54, 1.807) is 6.20 Å². The number of ketones is 1. The first-order valence-corrected chi connectivity index (χ1v) is 5.13. The molecule has 1 heterocycles. The Morgan fingerprint density at radius 1 is 1.50 bits per heavy atom. The Kier molecular flexibility index (Phi) is 3.44. The van der Waals surface area contributed by atoms with Gasteiger partial charge in [-0.3, -0.25) is 4.79 Å². The molecule has 3 heteroatoms. The van der Waals surface area contributed by atoms with Crippen LogP contribution in [-0.2, 0) is 6.54 Å². The van der Waals surface area contributed by atoms with Crippen LogP contribution in [0.5, 0.6) is 0 Å². The monoisotopic (exact) mass is 194 g/mol. The molecule has 1 aromatic heterocycles. The Labute approximate surface area is 85.2 Å². The molecule has 1 atom stereocenters. The number of rotatable bonds is 4. The fourth-order valence-electron chi connectivity index (χ4n) is 1.30. The van der Waals surface area contributed by atoms with E-state index in [1.165, 1.54) is 0 Å². The quantitative estimate of drug-likeness (QED) is 0.690. The highest BCUT2D eigenvalue weighted by Gasteiger charge is 2.21. The van der Waals surface area contributed by atoms with Crippen molar-refractivity contribution in [3.05, 3.63) is 18.2 Å². The molecule has 0 aliphatic rings. The van der Waals surface area contributed by atoms with Crippen LogP contribution in [0.2, 0.25) is 0 Å². The van der Waals surface area contributed by atoms with E-state index in [0.717, 1.165) is 6.54 Å². The van der Waals surface area contributed by atoms with Crippen LogP contribution in [0.3, 0.4) is 0 Å². The van der Waals surface area contributed by atoms with Gasteiger partial charge in [0.05, 0.1) is 0 Å². The molecule has 3 nitrogen and oxygen atoms in total. The van der Waals surface area contributed by atoms with Crippen molar-refractivity contribution >= 4 is 5.78 Å². The van der Waals surface area contributed by atoms with Crippen LogP contribution in [0.4, 0.5) is 0 Å². The van der Waals surface area contributed by atoms with E-state index in [9.17, 15) is 4.79 Å². The zero-order valence-electron chi connectivity index (χ0n) is 9.32. The number of aromatic nitrogens is 2. The highest BCUT2D eigenvalue weighted by atomic mass is 16.1. The van der Waals surface area contributed by atoms with Gasteiger partial charge in [0, 0.05) is 24.9 Å². The normalized spacial score (nSPS) is 13.2. The lowest BCUT2D eigenvalue weighted by Crippen LogP contribution is -2.21. The molecule has 0 spiro atoms. The number of Topliss-reactive ketones (excluding diaryl/α,β-unsaturated/α-hetero) is 1. The van der Waals surface area contributed by atoms with Crippen LogP contribution >= 0.6 is 0 Å². The summed E-state index contributed by atoms with van der Waals surface area (Å²) < 4.78 is 1.89. The van der Waals surface area contributed by atoms with Gasteiger partial charge in [-0.15, -0.1) is 0 Å². The van der Waals surface area contributed by atoms with Gasteiger partial charge in [-0.1, -0.05) is 20.8 Å². The minimum Gasteiger partial charge on any atom is -0.329 e. The maximum Gasteiger partial charge on any atom is 0.201 e. The topological polar surface area (TPSA) is 34.9 Å². The van der Waals surface area contributed by atoms with Crippen molar-refractivity contribution in [3.63, 3.8) is 0 Å². The number of imidazole rings is 1. The maximum atomic E-state index is 11.9.